The van der Waals surface area contributed by atoms with Crippen LogP contribution < -0.4 is 15.2 Å². The standard InChI is InChI=1S/C27H31FN4O4S/c1-27(2,3)37(34,35)31-13-11-30(12-14-31)24-18-29-32(22-10-6-9-21(28)17-22)26(33)25(24)36-23-15-19-7-4-5-8-20(19)16-23/h4-10,17-18,23H,11-16H2,1-3H3. The summed E-state index contributed by atoms with van der Waals surface area (Å²) in [4.78, 5) is 15.6. The minimum absolute atomic E-state index is 0.143. The minimum atomic E-state index is -3.46. The van der Waals surface area contributed by atoms with Crippen LogP contribution in [0.3, 0.4) is 0 Å². The number of halogens is 1. The lowest BCUT2D eigenvalue weighted by Gasteiger charge is -2.38. The Morgan fingerprint density at radius 3 is 2.22 bits per heavy atom. The summed E-state index contributed by atoms with van der Waals surface area (Å²) in [6.07, 6.45) is 2.68. The van der Waals surface area contributed by atoms with E-state index in [1.807, 2.05) is 17.0 Å². The van der Waals surface area contributed by atoms with Gasteiger partial charge in [0.1, 0.15) is 17.6 Å². The number of anilines is 1. The fraction of sp³-hybridized carbons (Fsp3) is 0.407. The SMILES string of the molecule is CC(C)(C)S(=O)(=O)N1CCN(c2cnn(-c3cccc(F)c3)c(=O)c2OC2Cc3ccccc3C2)CC1. The van der Waals surface area contributed by atoms with E-state index in [4.69, 9.17) is 4.74 Å². The van der Waals surface area contributed by atoms with Crippen molar-refractivity contribution in [1.82, 2.24) is 14.1 Å². The Balaban J connectivity index is 1.47. The van der Waals surface area contributed by atoms with Gasteiger partial charge in [0.05, 0.1) is 16.6 Å². The van der Waals surface area contributed by atoms with Crippen LogP contribution in [0.1, 0.15) is 31.9 Å². The number of rotatable bonds is 5. The zero-order chi connectivity index (χ0) is 26.4. The van der Waals surface area contributed by atoms with Crippen molar-refractivity contribution in [2.24, 2.45) is 0 Å². The molecule has 10 heteroatoms. The lowest BCUT2D eigenvalue weighted by atomic mass is 10.1. The van der Waals surface area contributed by atoms with E-state index in [1.165, 1.54) is 33.6 Å². The number of hydrogen-bond acceptors (Lipinski definition) is 6. The summed E-state index contributed by atoms with van der Waals surface area (Å²) in [5.41, 5.74) is 2.71. The fourth-order valence-corrected chi connectivity index (χ4v) is 6.30. The van der Waals surface area contributed by atoms with Crippen molar-refractivity contribution in [2.75, 3.05) is 31.1 Å². The first kappa shape index (κ1) is 25.4. The van der Waals surface area contributed by atoms with Gasteiger partial charge in [0.15, 0.2) is 0 Å². The highest BCUT2D eigenvalue weighted by Crippen LogP contribution is 2.31. The van der Waals surface area contributed by atoms with Crippen LogP contribution in [0.25, 0.3) is 5.69 Å². The van der Waals surface area contributed by atoms with Crippen molar-refractivity contribution < 1.29 is 17.5 Å². The number of sulfonamides is 1. The van der Waals surface area contributed by atoms with E-state index in [-0.39, 0.29) is 11.9 Å². The summed E-state index contributed by atoms with van der Waals surface area (Å²) >= 11 is 0. The first-order chi connectivity index (χ1) is 17.5. The maximum absolute atomic E-state index is 13.9. The first-order valence-corrected chi connectivity index (χ1v) is 13.8. The zero-order valence-electron chi connectivity index (χ0n) is 21.2. The summed E-state index contributed by atoms with van der Waals surface area (Å²) in [6.45, 7) is 6.44. The molecule has 37 heavy (non-hydrogen) atoms. The van der Waals surface area contributed by atoms with E-state index in [0.717, 1.165) is 4.68 Å². The van der Waals surface area contributed by atoms with Crippen LogP contribution >= 0.6 is 0 Å². The zero-order valence-corrected chi connectivity index (χ0v) is 22.0. The highest BCUT2D eigenvalue weighted by molar-refractivity contribution is 7.90. The van der Waals surface area contributed by atoms with Crippen LogP contribution in [0.15, 0.2) is 59.5 Å². The first-order valence-electron chi connectivity index (χ1n) is 12.4. The van der Waals surface area contributed by atoms with Gasteiger partial charge >= 0.3 is 5.56 Å². The molecule has 0 amide bonds. The van der Waals surface area contributed by atoms with Crippen LogP contribution in [0, 0.1) is 5.82 Å². The van der Waals surface area contributed by atoms with Crippen LogP contribution in [0.5, 0.6) is 5.75 Å². The number of ether oxygens (including phenoxy) is 1. The molecule has 0 unspecified atom stereocenters. The van der Waals surface area contributed by atoms with E-state index >= 15 is 0 Å². The molecule has 3 aromatic rings. The highest BCUT2D eigenvalue weighted by atomic mass is 32.2. The lowest BCUT2D eigenvalue weighted by molar-refractivity contribution is 0.209. The Morgan fingerprint density at radius 2 is 1.62 bits per heavy atom. The molecule has 196 valence electrons. The molecule has 0 bridgehead atoms. The van der Waals surface area contributed by atoms with Crippen LogP contribution in [0.4, 0.5) is 10.1 Å². The molecular formula is C27H31FN4O4S. The normalized spacial score (nSPS) is 17.1. The van der Waals surface area contributed by atoms with Gasteiger partial charge in [0.2, 0.25) is 15.8 Å². The molecule has 2 heterocycles. The van der Waals surface area contributed by atoms with Gasteiger partial charge in [-0.15, -0.1) is 0 Å². The van der Waals surface area contributed by atoms with Gasteiger partial charge in [-0.2, -0.15) is 14.1 Å². The van der Waals surface area contributed by atoms with Crippen LogP contribution in [-0.4, -0.2) is 59.5 Å². The molecule has 2 aromatic carbocycles. The number of piperazine rings is 1. The number of aromatic nitrogens is 2. The maximum atomic E-state index is 13.9. The molecule has 0 saturated carbocycles. The average Bonchev–Trinajstić information content (AvgIpc) is 3.27. The van der Waals surface area contributed by atoms with Crippen molar-refractivity contribution in [3.8, 4) is 11.4 Å². The third-order valence-electron chi connectivity index (χ3n) is 6.96. The van der Waals surface area contributed by atoms with Crippen molar-refractivity contribution in [1.29, 1.82) is 0 Å². The molecule has 1 aliphatic heterocycles. The highest BCUT2D eigenvalue weighted by Gasteiger charge is 2.37. The van der Waals surface area contributed by atoms with Gasteiger partial charge in [0, 0.05) is 39.0 Å². The van der Waals surface area contributed by atoms with Crippen molar-refractivity contribution in [2.45, 2.75) is 44.5 Å². The molecule has 1 fully saturated rings. The van der Waals surface area contributed by atoms with Crippen molar-refractivity contribution in [3.05, 3.63) is 82.0 Å². The Bertz CT molecular complexity index is 1450. The van der Waals surface area contributed by atoms with Gasteiger partial charge in [-0.25, -0.2) is 12.8 Å². The molecular weight excluding hydrogens is 495 g/mol. The van der Waals surface area contributed by atoms with Crippen molar-refractivity contribution in [3.63, 3.8) is 0 Å². The third-order valence-corrected chi connectivity index (χ3v) is 9.55. The number of nitrogens with zero attached hydrogens (tertiary/aromatic N) is 4. The molecule has 0 atom stereocenters. The van der Waals surface area contributed by atoms with Crippen molar-refractivity contribution >= 4 is 15.7 Å². The molecule has 5 rings (SSSR count). The fourth-order valence-electron chi connectivity index (χ4n) is 4.88. The van der Waals surface area contributed by atoms with E-state index < -0.39 is 26.1 Å². The van der Waals surface area contributed by atoms with E-state index in [1.54, 1.807) is 33.0 Å². The van der Waals surface area contributed by atoms with E-state index in [9.17, 15) is 17.6 Å². The van der Waals surface area contributed by atoms with E-state index in [2.05, 4.69) is 17.2 Å². The number of benzene rings is 2. The van der Waals surface area contributed by atoms with Gasteiger partial charge in [-0.3, -0.25) is 4.79 Å². The third kappa shape index (κ3) is 4.87. The smallest absolute Gasteiger partial charge is 0.316 e. The molecule has 0 radical (unpaired) electrons. The second kappa shape index (κ2) is 9.57. The predicted octanol–water partition coefficient (Wildman–Crippen LogP) is 3.17. The molecule has 1 aromatic heterocycles. The molecule has 1 saturated heterocycles. The summed E-state index contributed by atoms with van der Waals surface area (Å²) in [5.74, 6) is -0.329. The molecule has 8 nitrogen and oxygen atoms in total. The predicted molar refractivity (Wildman–Crippen MR) is 141 cm³/mol. The Labute approximate surface area is 216 Å². The largest absolute Gasteiger partial charge is 0.482 e. The molecule has 0 spiro atoms. The summed E-state index contributed by atoms with van der Waals surface area (Å²) < 4.78 is 47.9. The Hall–Kier alpha value is -3.24. The minimum Gasteiger partial charge on any atom is -0.482 e. The molecule has 2 aliphatic rings. The maximum Gasteiger partial charge on any atom is 0.316 e. The topological polar surface area (TPSA) is 84.7 Å². The Morgan fingerprint density at radius 1 is 0.973 bits per heavy atom. The number of fused-ring (bicyclic) bond motifs is 1. The van der Waals surface area contributed by atoms with Gasteiger partial charge in [0.25, 0.3) is 0 Å². The van der Waals surface area contributed by atoms with Gasteiger partial charge < -0.3 is 9.64 Å². The monoisotopic (exact) mass is 526 g/mol. The summed E-state index contributed by atoms with van der Waals surface area (Å²) in [5, 5.41) is 4.33. The average molecular weight is 527 g/mol. The second-order valence-electron chi connectivity index (χ2n) is 10.5. The number of hydrogen-bond donors (Lipinski definition) is 0. The van der Waals surface area contributed by atoms with Crippen LogP contribution in [0.2, 0.25) is 0 Å². The molecule has 0 N–H and O–H groups in total. The summed E-state index contributed by atoms with van der Waals surface area (Å²) in [6, 6.07) is 13.8. The Kier molecular flexibility index (Phi) is 6.57. The van der Waals surface area contributed by atoms with Crippen LogP contribution in [-0.2, 0) is 22.9 Å². The lowest BCUT2D eigenvalue weighted by Crippen LogP contribution is -2.53. The van der Waals surface area contributed by atoms with Gasteiger partial charge in [-0.1, -0.05) is 30.3 Å². The van der Waals surface area contributed by atoms with Gasteiger partial charge in [-0.05, 0) is 50.1 Å². The quantitative estimate of drug-likeness (QED) is 0.508. The second-order valence-corrected chi connectivity index (χ2v) is 13.2. The van der Waals surface area contributed by atoms with E-state index in [0.29, 0.717) is 50.4 Å². The molecule has 1 aliphatic carbocycles. The summed E-state index contributed by atoms with van der Waals surface area (Å²) in [7, 11) is -3.46.